The molecular weight excluding hydrogens is 475 g/mol. The van der Waals surface area contributed by atoms with E-state index in [1.807, 2.05) is 55.7 Å². The second kappa shape index (κ2) is 12.5. The van der Waals surface area contributed by atoms with Crippen molar-refractivity contribution in [3.8, 4) is 22.3 Å². The second-order valence-corrected chi connectivity index (χ2v) is 9.09. The summed E-state index contributed by atoms with van der Waals surface area (Å²) in [5.41, 5.74) is 3.90. The average Bonchev–Trinajstić information content (AvgIpc) is 3.19. The number of carboxylic acids is 1. The monoisotopic (exact) mass is 508 g/mol. The van der Waals surface area contributed by atoms with Gasteiger partial charge in [0.2, 0.25) is 0 Å². The maximum Gasteiger partial charge on any atom is 0.305 e. The first-order valence-corrected chi connectivity index (χ1v) is 12.3. The van der Waals surface area contributed by atoms with Gasteiger partial charge in [-0.1, -0.05) is 48.5 Å². The van der Waals surface area contributed by atoms with Crippen LogP contribution >= 0.6 is 0 Å². The van der Waals surface area contributed by atoms with Gasteiger partial charge in [0, 0.05) is 35.8 Å². The van der Waals surface area contributed by atoms with E-state index >= 15 is 0 Å². The molecule has 0 aliphatic carbocycles. The zero-order valence-corrected chi connectivity index (χ0v) is 21.2. The average molecular weight is 509 g/mol. The number of amides is 1. The predicted octanol–water partition coefficient (Wildman–Crippen LogP) is 4.89. The summed E-state index contributed by atoms with van der Waals surface area (Å²) in [5, 5.41) is 32.3. The van der Waals surface area contributed by atoms with E-state index in [-0.39, 0.29) is 18.4 Å². The topological polar surface area (TPSA) is 112 Å². The van der Waals surface area contributed by atoms with Crippen molar-refractivity contribution in [3.05, 3.63) is 77.9 Å². The van der Waals surface area contributed by atoms with Crippen molar-refractivity contribution >= 4 is 18.0 Å². The summed E-state index contributed by atoms with van der Waals surface area (Å²) in [6.45, 7) is 6.14. The van der Waals surface area contributed by atoms with Crippen LogP contribution in [0.4, 0.5) is 4.39 Å². The van der Waals surface area contributed by atoms with Crippen LogP contribution < -0.4 is 5.32 Å². The first-order chi connectivity index (χ1) is 17.6. The van der Waals surface area contributed by atoms with Crippen molar-refractivity contribution in [2.24, 2.45) is 0 Å². The Balaban J connectivity index is 2.29. The fraction of sp³-hybridized carbons (Fsp3) is 0.310. The molecule has 2 aromatic carbocycles. The Morgan fingerprint density at radius 2 is 1.62 bits per heavy atom. The molecular formula is C29H33FN2O5. The quantitative estimate of drug-likeness (QED) is 0.295. The number of carbonyl (C=O) groups excluding carboxylic acids is 1. The summed E-state index contributed by atoms with van der Waals surface area (Å²) < 4.78 is 15.7. The van der Waals surface area contributed by atoms with E-state index in [9.17, 15) is 24.2 Å². The molecule has 0 aliphatic heterocycles. The maximum atomic E-state index is 13.9. The number of benzene rings is 2. The lowest BCUT2D eigenvalue weighted by Gasteiger charge is -2.17. The molecule has 0 radical (unpaired) electrons. The van der Waals surface area contributed by atoms with Gasteiger partial charge in [-0.05, 0) is 50.1 Å². The Kier molecular flexibility index (Phi) is 9.38. The van der Waals surface area contributed by atoms with Gasteiger partial charge < -0.3 is 25.2 Å². The molecule has 1 aromatic heterocycles. The molecule has 2 unspecified atom stereocenters. The Morgan fingerprint density at radius 1 is 1.00 bits per heavy atom. The number of carboxylic acid groups (broad SMARTS) is 1. The zero-order chi connectivity index (χ0) is 27.1. The number of aromatic nitrogens is 1. The van der Waals surface area contributed by atoms with Crippen molar-refractivity contribution in [2.45, 2.75) is 51.9 Å². The van der Waals surface area contributed by atoms with E-state index in [0.717, 1.165) is 5.56 Å². The molecule has 4 N–H and O–H groups in total. The predicted molar refractivity (Wildman–Crippen MR) is 142 cm³/mol. The lowest BCUT2D eigenvalue weighted by Crippen LogP contribution is -2.27. The van der Waals surface area contributed by atoms with Crippen LogP contribution in [-0.4, -0.2) is 50.5 Å². The van der Waals surface area contributed by atoms with Gasteiger partial charge in [0.15, 0.2) is 0 Å². The zero-order valence-electron chi connectivity index (χ0n) is 21.2. The molecule has 3 rings (SSSR count). The van der Waals surface area contributed by atoms with E-state index in [0.29, 0.717) is 34.6 Å². The van der Waals surface area contributed by atoms with Crippen LogP contribution in [0.3, 0.4) is 0 Å². The molecule has 7 nitrogen and oxygen atoms in total. The van der Waals surface area contributed by atoms with Gasteiger partial charge in [-0.2, -0.15) is 0 Å². The summed E-state index contributed by atoms with van der Waals surface area (Å²) in [4.78, 5) is 24.3. The molecule has 1 heterocycles. The Hall–Kier alpha value is -3.75. The summed E-state index contributed by atoms with van der Waals surface area (Å²) in [5.74, 6) is -1.82. The maximum absolute atomic E-state index is 13.9. The standard InChI is InChI=1S/C29H33FN2O5/c1-4-31-29(37)28-27(19-8-6-5-7-9-19)26(20-10-12-21(30)13-11-20)24(32(28)18(2)3)15-14-22(33)16-23(34)17-25(35)36/h5-15,18,22-23,33-34H,4,16-17H2,1-3H3,(H,31,37)(H,35,36). The van der Waals surface area contributed by atoms with Gasteiger partial charge >= 0.3 is 5.97 Å². The van der Waals surface area contributed by atoms with Crippen molar-refractivity contribution in [3.63, 3.8) is 0 Å². The molecule has 0 saturated heterocycles. The Labute approximate surface area is 215 Å². The third kappa shape index (κ3) is 6.72. The van der Waals surface area contributed by atoms with E-state index in [1.54, 1.807) is 18.2 Å². The molecule has 0 spiro atoms. The molecule has 8 heteroatoms. The SMILES string of the molecule is CCNC(=O)c1c(-c2ccccc2)c(-c2ccc(F)cc2)c(C=CC(O)CC(O)CC(=O)O)n1C(C)C. The Morgan fingerprint density at radius 3 is 2.19 bits per heavy atom. The third-order valence-electron chi connectivity index (χ3n) is 5.91. The molecule has 0 aliphatic rings. The lowest BCUT2D eigenvalue weighted by molar-refractivity contribution is -0.139. The molecule has 3 aromatic rings. The highest BCUT2D eigenvalue weighted by Gasteiger charge is 2.29. The summed E-state index contributed by atoms with van der Waals surface area (Å²) in [6, 6.07) is 15.3. The highest BCUT2D eigenvalue weighted by atomic mass is 19.1. The van der Waals surface area contributed by atoms with Crippen LogP contribution in [0.2, 0.25) is 0 Å². The number of nitrogens with one attached hydrogen (secondary N) is 1. The van der Waals surface area contributed by atoms with E-state index in [4.69, 9.17) is 5.11 Å². The van der Waals surface area contributed by atoms with Crippen molar-refractivity contribution in [1.82, 2.24) is 9.88 Å². The molecule has 0 fully saturated rings. The van der Waals surface area contributed by atoms with Crippen LogP contribution in [-0.2, 0) is 4.79 Å². The minimum atomic E-state index is -1.21. The highest BCUT2D eigenvalue weighted by molar-refractivity contribution is 6.06. The van der Waals surface area contributed by atoms with Crippen molar-refractivity contribution in [1.29, 1.82) is 0 Å². The summed E-state index contributed by atoms with van der Waals surface area (Å²) in [6.07, 6.45) is 0.170. The number of aliphatic hydroxyl groups excluding tert-OH is 2. The number of aliphatic hydroxyl groups is 2. The highest BCUT2D eigenvalue weighted by Crippen LogP contribution is 2.42. The molecule has 2 atom stereocenters. The number of hydrogen-bond donors (Lipinski definition) is 4. The molecule has 0 bridgehead atoms. The van der Waals surface area contributed by atoms with E-state index < -0.39 is 30.4 Å². The van der Waals surface area contributed by atoms with E-state index in [1.165, 1.54) is 18.2 Å². The van der Waals surface area contributed by atoms with Gasteiger partial charge in [0.25, 0.3) is 5.91 Å². The summed E-state index contributed by atoms with van der Waals surface area (Å²) >= 11 is 0. The number of carbonyl (C=O) groups is 2. The van der Waals surface area contributed by atoms with Crippen LogP contribution in [0.1, 0.15) is 55.8 Å². The first-order valence-electron chi connectivity index (χ1n) is 12.3. The van der Waals surface area contributed by atoms with Gasteiger partial charge in [0.1, 0.15) is 11.5 Å². The molecule has 196 valence electrons. The number of aliphatic carboxylic acids is 1. The molecule has 37 heavy (non-hydrogen) atoms. The number of rotatable bonds is 11. The summed E-state index contributed by atoms with van der Waals surface area (Å²) in [7, 11) is 0. The van der Waals surface area contributed by atoms with Crippen LogP contribution in [0.25, 0.3) is 28.3 Å². The van der Waals surface area contributed by atoms with Crippen molar-refractivity contribution in [2.75, 3.05) is 6.54 Å². The second-order valence-electron chi connectivity index (χ2n) is 9.09. The number of hydrogen-bond acceptors (Lipinski definition) is 4. The normalized spacial score (nSPS) is 13.2. The first kappa shape index (κ1) is 27.8. The smallest absolute Gasteiger partial charge is 0.305 e. The number of nitrogens with zero attached hydrogens (tertiary/aromatic N) is 1. The van der Waals surface area contributed by atoms with E-state index in [2.05, 4.69) is 5.32 Å². The lowest BCUT2D eigenvalue weighted by atomic mass is 9.94. The third-order valence-corrected chi connectivity index (χ3v) is 5.91. The fourth-order valence-corrected chi connectivity index (χ4v) is 4.41. The fourth-order valence-electron chi connectivity index (χ4n) is 4.41. The van der Waals surface area contributed by atoms with Crippen LogP contribution in [0.15, 0.2) is 60.7 Å². The molecule has 0 saturated carbocycles. The van der Waals surface area contributed by atoms with Gasteiger partial charge in [-0.25, -0.2) is 4.39 Å². The minimum absolute atomic E-state index is 0.161. The Bertz CT molecular complexity index is 1250. The van der Waals surface area contributed by atoms with Gasteiger partial charge in [-0.15, -0.1) is 0 Å². The number of halogens is 1. The van der Waals surface area contributed by atoms with Crippen LogP contribution in [0.5, 0.6) is 0 Å². The molecule has 1 amide bonds. The van der Waals surface area contributed by atoms with Gasteiger partial charge in [0.05, 0.1) is 18.6 Å². The van der Waals surface area contributed by atoms with Crippen molar-refractivity contribution < 1.29 is 29.3 Å². The minimum Gasteiger partial charge on any atom is -0.481 e. The van der Waals surface area contributed by atoms with Crippen LogP contribution in [0, 0.1) is 5.82 Å². The van der Waals surface area contributed by atoms with Gasteiger partial charge in [-0.3, -0.25) is 9.59 Å². The largest absolute Gasteiger partial charge is 0.481 e.